The minimum absolute atomic E-state index is 0.292. The van der Waals surface area contributed by atoms with Crippen LogP contribution in [0.1, 0.15) is 19.8 Å². The molecule has 0 unspecified atom stereocenters. The van der Waals surface area contributed by atoms with E-state index in [-0.39, 0.29) is 0 Å². The van der Waals surface area contributed by atoms with Gasteiger partial charge in [-0.15, -0.1) is 0 Å². The second-order valence-electron chi connectivity index (χ2n) is 4.54. The Balaban J connectivity index is 1.92. The smallest absolute Gasteiger partial charge is 0.411 e. The van der Waals surface area contributed by atoms with Crippen molar-refractivity contribution in [1.82, 2.24) is 9.97 Å². The maximum atomic E-state index is 11.6. The number of unbranched alkanes of at least 4 members (excludes halogenated alkanes) is 1. The molecule has 1 heterocycles. The second kappa shape index (κ2) is 8.96. The van der Waals surface area contributed by atoms with Crippen LogP contribution in [0.4, 0.5) is 10.5 Å². The SMILES string of the molecule is CCCCOC(=O)Nc1ccc(Sc2nc(Cl)cc(Cl)n2)cc1. The van der Waals surface area contributed by atoms with E-state index < -0.39 is 6.09 Å². The summed E-state index contributed by atoms with van der Waals surface area (Å²) in [5.41, 5.74) is 0.654. The number of ether oxygens (including phenoxy) is 1. The van der Waals surface area contributed by atoms with Crippen LogP contribution in [-0.2, 0) is 4.74 Å². The molecule has 0 saturated heterocycles. The van der Waals surface area contributed by atoms with Crippen LogP contribution in [0.15, 0.2) is 40.4 Å². The normalized spacial score (nSPS) is 10.4. The molecule has 0 aliphatic rings. The van der Waals surface area contributed by atoms with Crippen molar-refractivity contribution in [1.29, 1.82) is 0 Å². The molecule has 0 spiro atoms. The summed E-state index contributed by atoms with van der Waals surface area (Å²) in [4.78, 5) is 20.6. The van der Waals surface area contributed by atoms with E-state index in [0.29, 0.717) is 27.8 Å². The van der Waals surface area contributed by atoms with Crippen LogP contribution in [0.2, 0.25) is 10.3 Å². The number of amides is 1. The van der Waals surface area contributed by atoms with Gasteiger partial charge in [0.15, 0.2) is 5.16 Å². The summed E-state index contributed by atoms with van der Waals surface area (Å²) in [6.45, 7) is 2.46. The third-order valence-corrected chi connectivity index (χ3v) is 3.94. The predicted molar refractivity (Wildman–Crippen MR) is 92.5 cm³/mol. The molecular weight excluding hydrogens is 357 g/mol. The summed E-state index contributed by atoms with van der Waals surface area (Å²) in [6, 6.07) is 8.70. The van der Waals surface area contributed by atoms with E-state index in [1.807, 2.05) is 19.1 Å². The van der Waals surface area contributed by atoms with E-state index in [0.717, 1.165) is 17.7 Å². The fourth-order valence-corrected chi connectivity index (χ4v) is 2.88. The third-order valence-electron chi connectivity index (χ3n) is 2.68. The second-order valence-corrected chi connectivity index (χ2v) is 6.35. The summed E-state index contributed by atoms with van der Waals surface area (Å²) in [5, 5.41) is 3.71. The standard InChI is InChI=1S/C15H15Cl2N3O2S/c1-2-3-8-22-15(21)18-10-4-6-11(7-5-10)23-14-19-12(16)9-13(17)20-14/h4-7,9H,2-3,8H2,1H3,(H,18,21). The molecule has 0 aliphatic carbocycles. The number of aromatic nitrogens is 2. The summed E-state index contributed by atoms with van der Waals surface area (Å²) in [5.74, 6) is 0. The fourth-order valence-electron chi connectivity index (χ4n) is 1.59. The summed E-state index contributed by atoms with van der Waals surface area (Å²) < 4.78 is 5.03. The molecule has 0 saturated carbocycles. The zero-order valence-corrected chi connectivity index (χ0v) is 14.7. The molecule has 2 aromatic rings. The Morgan fingerprint density at radius 2 is 1.87 bits per heavy atom. The fraction of sp³-hybridized carbons (Fsp3) is 0.267. The zero-order valence-electron chi connectivity index (χ0n) is 12.4. The number of carbonyl (C=O) groups excluding carboxylic acids is 1. The number of hydrogen-bond donors (Lipinski definition) is 1. The number of rotatable bonds is 6. The van der Waals surface area contributed by atoms with Gasteiger partial charge < -0.3 is 4.74 Å². The van der Waals surface area contributed by atoms with Crippen molar-refractivity contribution >= 4 is 46.7 Å². The Bertz CT molecular complexity index is 648. The third kappa shape index (κ3) is 6.25. The minimum atomic E-state index is -0.455. The molecule has 1 N–H and O–H groups in total. The monoisotopic (exact) mass is 371 g/mol. The van der Waals surface area contributed by atoms with Crippen LogP contribution in [0.3, 0.4) is 0 Å². The van der Waals surface area contributed by atoms with Gasteiger partial charge in [0, 0.05) is 16.6 Å². The number of nitrogens with zero attached hydrogens (tertiary/aromatic N) is 2. The number of benzene rings is 1. The lowest BCUT2D eigenvalue weighted by atomic mass is 10.3. The predicted octanol–water partition coefficient (Wildman–Crippen LogP) is 5.28. The quantitative estimate of drug-likeness (QED) is 0.424. The van der Waals surface area contributed by atoms with Crippen LogP contribution in [-0.4, -0.2) is 22.7 Å². The first-order valence-electron chi connectivity index (χ1n) is 6.98. The molecule has 1 amide bonds. The molecule has 23 heavy (non-hydrogen) atoms. The maximum absolute atomic E-state index is 11.6. The first-order chi connectivity index (χ1) is 11.1. The highest BCUT2D eigenvalue weighted by Gasteiger charge is 2.06. The number of anilines is 1. The van der Waals surface area contributed by atoms with Gasteiger partial charge in [-0.1, -0.05) is 36.5 Å². The molecule has 122 valence electrons. The highest BCUT2D eigenvalue weighted by molar-refractivity contribution is 7.99. The van der Waals surface area contributed by atoms with Gasteiger partial charge in [0.25, 0.3) is 0 Å². The first-order valence-corrected chi connectivity index (χ1v) is 8.56. The van der Waals surface area contributed by atoms with Crippen molar-refractivity contribution in [3.8, 4) is 0 Å². The Labute approximate surface area is 148 Å². The van der Waals surface area contributed by atoms with Gasteiger partial charge in [0.2, 0.25) is 0 Å². The molecular formula is C15H15Cl2N3O2S. The van der Waals surface area contributed by atoms with Gasteiger partial charge in [0.05, 0.1) is 6.61 Å². The average molecular weight is 372 g/mol. The molecule has 1 aromatic carbocycles. The van der Waals surface area contributed by atoms with E-state index in [2.05, 4.69) is 15.3 Å². The van der Waals surface area contributed by atoms with Gasteiger partial charge in [-0.05, 0) is 42.4 Å². The lowest BCUT2D eigenvalue weighted by Gasteiger charge is -2.07. The molecule has 8 heteroatoms. The first kappa shape index (κ1) is 17.8. The molecule has 0 aliphatic heterocycles. The topological polar surface area (TPSA) is 64.1 Å². The maximum Gasteiger partial charge on any atom is 0.411 e. The molecule has 0 bridgehead atoms. The van der Waals surface area contributed by atoms with Crippen LogP contribution in [0.25, 0.3) is 0 Å². The van der Waals surface area contributed by atoms with Crippen molar-refractivity contribution < 1.29 is 9.53 Å². The zero-order chi connectivity index (χ0) is 16.7. The highest BCUT2D eigenvalue weighted by Crippen LogP contribution is 2.27. The Hall–Kier alpha value is -1.50. The van der Waals surface area contributed by atoms with Gasteiger partial charge in [0.1, 0.15) is 10.3 Å². The van der Waals surface area contributed by atoms with Crippen molar-refractivity contribution in [2.75, 3.05) is 11.9 Å². The van der Waals surface area contributed by atoms with E-state index in [1.54, 1.807) is 12.1 Å². The Kier molecular flexibility index (Phi) is 6.95. The highest BCUT2D eigenvalue weighted by atomic mass is 35.5. The van der Waals surface area contributed by atoms with Crippen LogP contribution in [0.5, 0.6) is 0 Å². The van der Waals surface area contributed by atoms with Gasteiger partial charge in [-0.3, -0.25) is 5.32 Å². The van der Waals surface area contributed by atoms with E-state index in [9.17, 15) is 4.79 Å². The molecule has 2 rings (SSSR count). The van der Waals surface area contributed by atoms with Crippen LogP contribution >= 0.6 is 35.0 Å². The molecule has 1 aromatic heterocycles. The molecule has 0 fully saturated rings. The van der Waals surface area contributed by atoms with E-state index in [4.69, 9.17) is 27.9 Å². The van der Waals surface area contributed by atoms with Crippen molar-refractivity contribution in [3.63, 3.8) is 0 Å². The largest absolute Gasteiger partial charge is 0.449 e. The van der Waals surface area contributed by atoms with Crippen molar-refractivity contribution in [2.45, 2.75) is 29.8 Å². The summed E-state index contributed by atoms with van der Waals surface area (Å²) >= 11 is 13.0. The average Bonchev–Trinajstić information content (AvgIpc) is 2.48. The number of halogens is 2. The Morgan fingerprint density at radius 3 is 2.48 bits per heavy atom. The lowest BCUT2D eigenvalue weighted by molar-refractivity contribution is 0.160. The number of carbonyl (C=O) groups is 1. The van der Waals surface area contributed by atoms with Gasteiger partial charge in [-0.25, -0.2) is 14.8 Å². The minimum Gasteiger partial charge on any atom is -0.449 e. The summed E-state index contributed by atoms with van der Waals surface area (Å²) in [7, 11) is 0. The van der Waals surface area contributed by atoms with Gasteiger partial charge in [-0.2, -0.15) is 0 Å². The van der Waals surface area contributed by atoms with Crippen molar-refractivity contribution in [2.24, 2.45) is 0 Å². The Morgan fingerprint density at radius 1 is 1.22 bits per heavy atom. The number of hydrogen-bond acceptors (Lipinski definition) is 5. The van der Waals surface area contributed by atoms with Crippen molar-refractivity contribution in [3.05, 3.63) is 40.6 Å². The van der Waals surface area contributed by atoms with Crippen LogP contribution < -0.4 is 5.32 Å². The number of nitrogens with one attached hydrogen (secondary N) is 1. The molecule has 5 nitrogen and oxygen atoms in total. The summed E-state index contributed by atoms with van der Waals surface area (Å²) in [6.07, 6.45) is 1.38. The van der Waals surface area contributed by atoms with Gasteiger partial charge >= 0.3 is 6.09 Å². The lowest BCUT2D eigenvalue weighted by Crippen LogP contribution is -2.14. The van der Waals surface area contributed by atoms with Crippen LogP contribution in [0, 0.1) is 0 Å². The van der Waals surface area contributed by atoms with E-state index in [1.165, 1.54) is 17.8 Å². The molecule has 0 atom stereocenters. The molecule has 0 radical (unpaired) electrons. The van der Waals surface area contributed by atoms with E-state index >= 15 is 0 Å².